The smallest absolute Gasteiger partial charge is 0.262 e. The summed E-state index contributed by atoms with van der Waals surface area (Å²) in [5.41, 5.74) is 1.10. The number of hydrogen-bond acceptors (Lipinski definition) is 3. The lowest BCUT2D eigenvalue weighted by atomic mass is 10.2. The molecule has 0 fully saturated rings. The predicted molar refractivity (Wildman–Crippen MR) is 79.5 cm³/mol. The maximum atomic E-state index is 12.2. The van der Waals surface area contributed by atoms with Gasteiger partial charge in [0.05, 0.1) is 11.7 Å². The number of benzene rings is 1. The van der Waals surface area contributed by atoms with Gasteiger partial charge in [0, 0.05) is 11.4 Å². The molecule has 19 heavy (non-hydrogen) atoms. The Kier molecular flexibility index (Phi) is 3.01. The molecule has 0 amide bonds. The summed E-state index contributed by atoms with van der Waals surface area (Å²) >= 11 is 1.54. The zero-order valence-electron chi connectivity index (χ0n) is 10.2. The van der Waals surface area contributed by atoms with E-state index in [0.717, 1.165) is 15.3 Å². The van der Waals surface area contributed by atoms with Crippen molar-refractivity contribution in [2.24, 2.45) is 0 Å². The van der Waals surface area contributed by atoms with Gasteiger partial charge in [0.25, 0.3) is 5.56 Å². The molecule has 94 valence electrons. The number of fused-ring (bicyclic) bond motifs is 1. The average Bonchev–Trinajstić information content (AvgIpc) is 2.88. The van der Waals surface area contributed by atoms with Crippen LogP contribution in [0.5, 0.6) is 0 Å². The third-order valence-corrected chi connectivity index (χ3v) is 3.99. The van der Waals surface area contributed by atoms with Gasteiger partial charge in [-0.15, -0.1) is 17.9 Å². The summed E-state index contributed by atoms with van der Waals surface area (Å²) in [6.45, 7) is 4.13. The van der Waals surface area contributed by atoms with E-state index in [-0.39, 0.29) is 5.56 Å². The highest BCUT2D eigenvalue weighted by Crippen LogP contribution is 2.30. The first-order valence-electron chi connectivity index (χ1n) is 5.95. The zero-order valence-corrected chi connectivity index (χ0v) is 11.1. The molecule has 0 spiro atoms. The lowest BCUT2D eigenvalue weighted by Crippen LogP contribution is -2.18. The minimum Gasteiger partial charge on any atom is -0.295 e. The highest BCUT2D eigenvalue weighted by molar-refractivity contribution is 7.21. The van der Waals surface area contributed by atoms with Gasteiger partial charge in [0.2, 0.25) is 0 Å². The van der Waals surface area contributed by atoms with E-state index in [1.165, 1.54) is 0 Å². The number of thiophene rings is 1. The van der Waals surface area contributed by atoms with Crippen molar-refractivity contribution >= 4 is 21.6 Å². The van der Waals surface area contributed by atoms with Crippen LogP contribution in [0.4, 0.5) is 0 Å². The van der Waals surface area contributed by atoms with Crippen molar-refractivity contribution in [1.82, 2.24) is 9.55 Å². The highest BCUT2D eigenvalue weighted by atomic mass is 32.1. The van der Waals surface area contributed by atoms with Crippen LogP contribution in [0, 0.1) is 0 Å². The first-order chi connectivity index (χ1) is 9.29. The largest absolute Gasteiger partial charge is 0.295 e. The Hall–Kier alpha value is -2.20. The number of nitrogens with zero attached hydrogens (tertiary/aromatic N) is 2. The van der Waals surface area contributed by atoms with Crippen molar-refractivity contribution in [3.8, 4) is 10.4 Å². The molecular weight excluding hydrogens is 256 g/mol. The van der Waals surface area contributed by atoms with Crippen molar-refractivity contribution in [2.75, 3.05) is 0 Å². The summed E-state index contributed by atoms with van der Waals surface area (Å²) in [4.78, 5) is 18.4. The monoisotopic (exact) mass is 268 g/mol. The topological polar surface area (TPSA) is 34.9 Å². The molecule has 0 aliphatic carbocycles. The summed E-state index contributed by atoms with van der Waals surface area (Å²) in [5.74, 6) is 0. The summed E-state index contributed by atoms with van der Waals surface area (Å²) in [6, 6.07) is 11.9. The lowest BCUT2D eigenvalue weighted by Gasteiger charge is -1.99. The predicted octanol–water partition coefficient (Wildman–Crippen LogP) is 3.31. The van der Waals surface area contributed by atoms with E-state index >= 15 is 0 Å². The number of allylic oxidation sites excluding steroid dienone is 1. The molecule has 0 saturated carbocycles. The molecule has 0 atom stereocenters. The van der Waals surface area contributed by atoms with Crippen molar-refractivity contribution in [3.63, 3.8) is 0 Å². The van der Waals surface area contributed by atoms with E-state index < -0.39 is 0 Å². The quantitative estimate of drug-likeness (QED) is 0.683. The molecule has 1 aromatic carbocycles. The molecule has 0 aliphatic heterocycles. The van der Waals surface area contributed by atoms with Gasteiger partial charge < -0.3 is 0 Å². The van der Waals surface area contributed by atoms with Crippen molar-refractivity contribution < 1.29 is 0 Å². The van der Waals surface area contributed by atoms with Crippen molar-refractivity contribution in [1.29, 1.82) is 0 Å². The lowest BCUT2D eigenvalue weighted by molar-refractivity contribution is 0.769. The highest BCUT2D eigenvalue weighted by Gasteiger charge is 2.09. The average molecular weight is 268 g/mol. The van der Waals surface area contributed by atoms with Gasteiger partial charge in [-0.25, -0.2) is 4.98 Å². The third kappa shape index (κ3) is 2.11. The molecule has 0 unspecified atom stereocenters. The summed E-state index contributed by atoms with van der Waals surface area (Å²) < 4.78 is 1.57. The maximum absolute atomic E-state index is 12.2. The minimum atomic E-state index is -0.0108. The van der Waals surface area contributed by atoms with Crippen molar-refractivity contribution in [3.05, 3.63) is 65.7 Å². The normalized spacial score (nSPS) is 10.7. The van der Waals surface area contributed by atoms with E-state index in [9.17, 15) is 4.79 Å². The van der Waals surface area contributed by atoms with Crippen LogP contribution in [0.2, 0.25) is 0 Å². The van der Waals surface area contributed by atoms with Crippen LogP contribution in [0.25, 0.3) is 20.7 Å². The Labute approximate surface area is 114 Å². The molecule has 3 aromatic rings. The van der Waals surface area contributed by atoms with Crippen LogP contribution in [0.1, 0.15) is 0 Å². The molecule has 3 rings (SSSR count). The molecule has 0 aliphatic rings. The van der Waals surface area contributed by atoms with E-state index in [2.05, 4.69) is 11.6 Å². The Balaban J connectivity index is 2.19. The number of hydrogen-bond donors (Lipinski definition) is 0. The fraction of sp³-hybridized carbons (Fsp3) is 0.0667. The first-order valence-corrected chi connectivity index (χ1v) is 6.76. The van der Waals surface area contributed by atoms with Crippen molar-refractivity contribution in [2.45, 2.75) is 6.54 Å². The Morgan fingerprint density at radius 3 is 2.84 bits per heavy atom. The molecule has 0 radical (unpaired) electrons. The third-order valence-electron chi connectivity index (χ3n) is 2.90. The van der Waals surface area contributed by atoms with Gasteiger partial charge in [0.1, 0.15) is 4.83 Å². The second-order valence-corrected chi connectivity index (χ2v) is 5.22. The van der Waals surface area contributed by atoms with Crippen LogP contribution in [-0.4, -0.2) is 9.55 Å². The number of rotatable bonds is 3. The molecule has 2 aromatic heterocycles. The second kappa shape index (κ2) is 4.82. The van der Waals surface area contributed by atoms with Crippen LogP contribution < -0.4 is 5.56 Å². The molecule has 0 N–H and O–H groups in total. The fourth-order valence-corrected chi connectivity index (χ4v) is 2.97. The van der Waals surface area contributed by atoms with Crippen LogP contribution in [0.3, 0.4) is 0 Å². The Bertz CT molecular complexity index is 787. The molecule has 2 heterocycles. The molecular formula is C15H12N2OS. The number of aromatic nitrogens is 2. The molecule has 0 saturated heterocycles. The van der Waals surface area contributed by atoms with Gasteiger partial charge in [-0.05, 0) is 11.6 Å². The van der Waals surface area contributed by atoms with Crippen LogP contribution in [-0.2, 0) is 6.54 Å². The van der Waals surface area contributed by atoms with E-state index in [1.807, 2.05) is 36.4 Å². The Morgan fingerprint density at radius 1 is 1.32 bits per heavy atom. The van der Waals surface area contributed by atoms with Gasteiger partial charge in [-0.3, -0.25) is 9.36 Å². The van der Waals surface area contributed by atoms with E-state index in [4.69, 9.17) is 0 Å². The van der Waals surface area contributed by atoms with Gasteiger partial charge in [0.15, 0.2) is 0 Å². The summed E-state index contributed by atoms with van der Waals surface area (Å²) in [6.07, 6.45) is 3.27. The standard InChI is InChI=1S/C15H12N2OS/c1-2-8-17-10-16-14-12(15(17)18)9-13(19-14)11-6-4-3-5-7-11/h2-7,9-10H,1,8H2. The van der Waals surface area contributed by atoms with Crippen LogP contribution >= 0.6 is 11.3 Å². The fourth-order valence-electron chi connectivity index (χ4n) is 1.97. The van der Waals surface area contributed by atoms with Crippen LogP contribution in [0.15, 0.2) is 60.2 Å². The van der Waals surface area contributed by atoms with Gasteiger partial charge >= 0.3 is 0 Å². The zero-order chi connectivity index (χ0) is 13.2. The SMILES string of the molecule is C=CCn1cnc2sc(-c3ccccc3)cc2c1=O. The molecule has 4 heteroatoms. The molecule has 0 bridgehead atoms. The van der Waals surface area contributed by atoms with Gasteiger partial charge in [-0.2, -0.15) is 0 Å². The van der Waals surface area contributed by atoms with E-state index in [0.29, 0.717) is 11.9 Å². The van der Waals surface area contributed by atoms with E-state index in [1.54, 1.807) is 28.3 Å². The minimum absolute atomic E-state index is 0.0108. The molecule has 3 nitrogen and oxygen atoms in total. The maximum Gasteiger partial charge on any atom is 0.262 e. The summed E-state index contributed by atoms with van der Waals surface area (Å²) in [5, 5.41) is 0.674. The second-order valence-electron chi connectivity index (χ2n) is 4.19. The summed E-state index contributed by atoms with van der Waals surface area (Å²) in [7, 11) is 0. The van der Waals surface area contributed by atoms with Gasteiger partial charge in [-0.1, -0.05) is 36.4 Å². The first kappa shape index (κ1) is 11.9. The Morgan fingerprint density at radius 2 is 2.11 bits per heavy atom.